The molecule has 27 heavy (non-hydrogen) atoms. The first-order chi connectivity index (χ1) is 12.9. The lowest BCUT2D eigenvalue weighted by molar-refractivity contribution is -0.112. The standard InChI is InChI=1S/C20H17ClN4OS/c1-12-11-27-20(23-12)24-19(26)16(10-22)9-15-8-13(2)25(14(15)3)18-7-5-4-6-17(18)21/h4-9,11H,1-3H3,(H,23,24,26)/b16-9-. The van der Waals surface area contributed by atoms with E-state index in [-0.39, 0.29) is 5.57 Å². The maximum absolute atomic E-state index is 12.4. The average molecular weight is 397 g/mol. The summed E-state index contributed by atoms with van der Waals surface area (Å²) in [7, 11) is 0. The number of anilines is 1. The zero-order valence-electron chi connectivity index (χ0n) is 15.1. The highest BCUT2D eigenvalue weighted by molar-refractivity contribution is 7.13. The van der Waals surface area contributed by atoms with E-state index >= 15 is 0 Å². The molecule has 1 N–H and O–H groups in total. The Labute approximate surface area is 166 Å². The van der Waals surface area contributed by atoms with Gasteiger partial charge in [0.1, 0.15) is 11.6 Å². The Morgan fingerprint density at radius 2 is 2.07 bits per heavy atom. The summed E-state index contributed by atoms with van der Waals surface area (Å²) >= 11 is 7.65. The molecule has 2 aromatic heterocycles. The van der Waals surface area contributed by atoms with Crippen molar-refractivity contribution in [2.75, 3.05) is 5.32 Å². The molecule has 0 aliphatic heterocycles. The molecule has 0 spiro atoms. The minimum atomic E-state index is -0.477. The van der Waals surface area contributed by atoms with Gasteiger partial charge in [-0.3, -0.25) is 10.1 Å². The minimum Gasteiger partial charge on any atom is -0.316 e. The van der Waals surface area contributed by atoms with Gasteiger partial charge in [0.2, 0.25) is 0 Å². The molecule has 0 radical (unpaired) electrons. The molecule has 3 rings (SSSR count). The average Bonchev–Trinajstić information content (AvgIpc) is 3.16. The number of carbonyl (C=O) groups is 1. The van der Waals surface area contributed by atoms with E-state index in [0.29, 0.717) is 10.2 Å². The molecule has 0 bridgehead atoms. The van der Waals surface area contributed by atoms with E-state index in [0.717, 1.165) is 28.3 Å². The van der Waals surface area contributed by atoms with Crippen LogP contribution < -0.4 is 5.32 Å². The van der Waals surface area contributed by atoms with Crippen molar-refractivity contribution in [3.63, 3.8) is 0 Å². The van der Waals surface area contributed by atoms with Gasteiger partial charge in [-0.25, -0.2) is 4.98 Å². The van der Waals surface area contributed by atoms with E-state index in [1.54, 1.807) is 6.08 Å². The number of rotatable bonds is 4. The van der Waals surface area contributed by atoms with Crippen molar-refractivity contribution >= 4 is 40.1 Å². The van der Waals surface area contributed by atoms with E-state index in [9.17, 15) is 10.1 Å². The van der Waals surface area contributed by atoms with Crippen LogP contribution in [0.2, 0.25) is 5.02 Å². The first-order valence-corrected chi connectivity index (χ1v) is 9.45. The summed E-state index contributed by atoms with van der Waals surface area (Å²) in [6, 6.07) is 11.5. The number of amides is 1. The highest BCUT2D eigenvalue weighted by Gasteiger charge is 2.15. The van der Waals surface area contributed by atoms with Crippen molar-refractivity contribution in [1.82, 2.24) is 9.55 Å². The molecular formula is C20H17ClN4OS. The molecular weight excluding hydrogens is 380 g/mol. The van der Waals surface area contributed by atoms with Gasteiger partial charge in [-0.2, -0.15) is 5.26 Å². The molecule has 0 fully saturated rings. The van der Waals surface area contributed by atoms with Crippen LogP contribution in [0.1, 0.15) is 22.6 Å². The van der Waals surface area contributed by atoms with Crippen LogP contribution in [0.15, 0.2) is 41.3 Å². The van der Waals surface area contributed by atoms with Crippen LogP contribution in [0.4, 0.5) is 5.13 Å². The van der Waals surface area contributed by atoms with Gasteiger partial charge in [0, 0.05) is 16.8 Å². The van der Waals surface area contributed by atoms with Crippen molar-refractivity contribution in [2.24, 2.45) is 0 Å². The van der Waals surface area contributed by atoms with Crippen LogP contribution in [-0.4, -0.2) is 15.5 Å². The largest absolute Gasteiger partial charge is 0.316 e. The fourth-order valence-corrected chi connectivity index (χ4v) is 3.72. The summed E-state index contributed by atoms with van der Waals surface area (Å²) < 4.78 is 2.01. The molecule has 0 saturated carbocycles. The van der Waals surface area contributed by atoms with Crippen LogP contribution in [0.3, 0.4) is 0 Å². The Kier molecular flexibility index (Phi) is 5.45. The quantitative estimate of drug-likeness (QED) is 0.495. The zero-order chi connectivity index (χ0) is 19.6. The SMILES string of the molecule is Cc1csc(NC(=O)/C(C#N)=C\c2cc(C)n(-c3ccccc3Cl)c2C)n1. The van der Waals surface area contributed by atoms with Crippen LogP contribution >= 0.6 is 22.9 Å². The number of aromatic nitrogens is 2. The number of nitrogens with zero attached hydrogens (tertiary/aromatic N) is 3. The van der Waals surface area contributed by atoms with Crippen molar-refractivity contribution < 1.29 is 4.79 Å². The molecule has 0 atom stereocenters. The molecule has 3 aromatic rings. The van der Waals surface area contributed by atoms with Gasteiger partial charge in [0.15, 0.2) is 5.13 Å². The number of benzene rings is 1. The summed E-state index contributed by atoms with van der Waals surface area (Å²) in [6.45, 7) is 5.73. The Morgan fingerprint density at radius 3 is 2.70 bits per heavy atom. The summed E-state index contributed by atoms with van der Waals surface area (Å²) in [6.07, 6.45) is 1.59. The normalized spacial score (nSPS) is 11.3. The predicted molar refractivity (Wildman–Crippen MR) is 109 cm³/mol. The number of thiazole rings is 1. The number of nitrogens with one attached hydrogen (secondary N) is 1. The van der Waals surface area contributed by atoms with Gasteiger partial charge in [-0.05, 0) is 50.6 Å². The van der Waals surface area contributed by atoms with Gasteiger partial charge in [0.05, 0.1) is 16.4 Å². The number of carbonyl (C=O) groups excluding carboxylic acids is 1. The summed E-state index contributed by atoms with van der Waals surface area (Å²) in [4.78, 5) is 16.6. The number of para-hydroxylation sites is 1. The maximum Gasteiger partial charge on any atom is 0.268 e. The fraction of sp³-hybridized carbons (Fsp3) is 0.150. The van der Waals surface area contributed by atoms with Gasteiger partial charge in [-0.15, -0.1) is 11.3 Å². The zero-order valence-corrected chi connectivity index (χ0v) is 16.6. The first-order valence-electron chi connectivity index (χ1n) is 8.20. The van der Waals surface area contributed by atoms with Crippen LogP contribution in [0, 0.1) is 32.1 Å². The third-order valence-electron chi connectivity index (χ3n) is 4.07. The third kappa shape index (κ3) is 3.95. The summed E-state index contributed by atoms with van der Waals surface area (Å²) in [5.74, 6) is -0.477. The van der Waals surface area contributed by atoms with E-state index in [2.05, 4.69) is 10.3 Å². The molecule has 5 nitrogen and oxygen atoms in total. The minimum absolute atomic E-state index is 0.0160. The van der Waals surface area contributed by atoms with E-state index in [1.165, 1.54) is 11.3 Å². The van der Waals surface area contributed by atoms with Crippen LogP contribution in [0.25, 0.3) is 11.8 Å². The molecule has 1 amide bonds. The van der Waals surface area contributed by atoms with Gasteiger partial charge in [-0.1, -0.05) is 23.7 Å². The van der Waals surface area contributed by atoms with Crippen molar-refractivity contribution in [1.29, 1.82) is 5.26 Å². The molecule has 0 aliphatic carbocycles. The highest BCUT2D eigenvalue weighted by atomic mass is 35.5. The van der Waals surface area contributed by atoms with Crippen molar-refractivity contribution in [2.45, 2.75) is 20.8 Å². The topological polar surface area (TPSA) is 70.7 Å². The summed E-state index contributed by atoms with van der Waals surface area (Å²) in [5, 5.41) is 15.1. The van der Waals surface area contributed by atoms with Gasteiger partial charge in [0.25, 0.3) is 5.91 Å². The number of nitriles is 1. The van der Waals surface area contributed by atoms with E-state index in [1.807, 2.05) is 67.1 Å². The highest BCUT2D eigenvalue weighted by Crippen LogP contribution is 2.27. The second-order valence-corrected chi connectivity index (χ2v) is 7.30. The van der Waals surface area contributed by atoms with Crippen molar-refractivity contribution in [3.8, 4) is 11.8 Å². The van der Waals surface area contributed by atoms with E-state index in [4.69, 9.17) is 11.6 Å². The maximum atomic E-state index is 12.4. The number of halogens is 1. The van der Waals surface area contributed by atoms with E-state index < -0.39 is 5.91 Å². The number of aryl methyl sites for hydroxylation is 2. The Hall–Kier alpha value is -2.88. The molecule has 0 unspecified atom stereocenters. The Balaban J connectivity index is 1.96. The molecule has 0 aliphatic rings. The molecule has 2 heterocycles. The molecule has 7 heteroatoms. The lowest BCUT2D eigenvalue weighted by atomic mass is 10.1. The number of hydrogen-bond donors (Lipinski definition) is 1. The van der Waals surface area contributed by atoms with Crippen LogP contribution in [0.5, 0.6) is 0 Å². The lowest BCUT2D eigenvalue weighted by Gasteiger charge is -2.11. The fourth-order valence-electron chi connectivity index (χ4n) is 2.82. The Bertz CT molecular complexity index is 1090. The molecule has 1 aromatic carbocycles. The summed E-state index contributed by atoms with van der Waals surface area (Å²) in [5.41, 5.74) is 4.33. The smallest absolute Gasteiger partial charge is 0.268 e. The predicted octanol–water partition coefficient (Wildman–Crippen LogP) is 5.06. The number of hydrogen-bond acceptors (Lipinski definition) is 4. The lowest BCUT2D eigenvalue weighted by Crippen LogP contribution is -2.13. The van der Waals surface area contributed by atoms with Gasteiger partial charge < -0.3 is 4.57 Å². The second kappa shape index (κ2) is 7.78. The van der Waals surface area contributed by atoms with Gasteiger partial charge >= 0.3 is 0 Å². The monoisotopic (exact) mass is 396 g/mol. The molecule has 136 valence electrons. The molecule has 0 saturated heterocycles. The van der Waals surface area contributed by atoms with Crippen LogP contribution in [-0.2, 0) is 4.79 Å². The van der Waals surface area contributed by atoms with Crippen molar-refractivity contribution in [3.05, 3.63) is 69.0 Å². The third-order valence-corrected chi connectivity index (χ3v) is 5.26. The Morgan fingerprint density at radius 1 is 1.33 bits per heavy atom. The second-order valence-electron chi connectivity index (χ2n) is 6.03. The first kappa shape index (κ1) is 18.9.